The van der Waals surface area contributed by atoms with Crippen LogP contribution in [-0.2, 0) is 0 Å². The van der Waals surface area contributed by atoms with Gasteiger partial charge in [-0.25, -0.2) is 0 Å². The molecule has 0 amide bonds. The molecular formula is C15H31NO. The smallest absolute Gasteiger partial charge is 0.0555 e. The Labute approximate surface area is 107 Å². The van der Waals surface area contributed by atoms with E-state index in [-0.39, 0.29) is 6.10 Å². The van der Waals surface area contributed by atoms with Gasteiger partial charge in [-0.3, -0.25) is 4.90 Å². The minimum Gasteiger partial charge on any atom is -0.393 e. The molecule has 0 radical (unpaired) electrons. The van der Waals surface area contributed by atoms with Gasteiger partial charge in [-0.1, -0.05) is 27.7 Å². The van der Waals surface area contributed by atoms with Gasteiger partial charge in [0, 0.05) is 12.1 Å². The largest absolute Gasteiger partial charge is 0.393 e. The molecular weight excluding hydrogens is 210 g/mol. The van der Waals surface area contributed by atoms with Crippen LogP contribution in [-0.4, -0.2) is 34.7 Å². The molecule has 3 unspecified atom stereocenters. The Bertz CT molecular complexity index is 232. The van der Waals surface area contributed by atoms with Crippen molar-refractivity contribution < 1.29 is 5.11 Å². The number of hydrogen-bond donors (Lipinski definition) is 1. The van der Waals surface area contributed by atoms with Crippen molar-refractivity contribution in [3.05, 3.63) is 0 Å². The van der Waals surface area contributed by atoms with Crippen molar-refractivity contribution in [1.82, 2.24) is 4.90 Å². The fraction of sp³-hybridized carbons (Fsp3) is 1.00. The van der Waals surface area contributed by atoms with Crippen LogP contribution in [0.4, 0.5) is 0 Å². The van der Waals surface area contributed by atoms with Gasteiger partial charge in [0.1, 0.15) is 0 Å². The second kappa shape index (κ2) is 5.71. The lowest BCUT2D eigenvalue weighted by atomic mass is 9.68. The maximum Gasteiger partial charge on any atom is 0.0555 e. The van der Waals surface area contributed by atoms with Gasteiger partial charge in [0.2, 0.25) is 0 Å². The van der Waals surface area contributed by atoms with Gasteiger partial charge in [-0.2, -0.15) is 0 Å². The van der Waals surface area contributed by atoms with Crippen molar-refractivity contribution in [3.63, 3.8) is 0 Å². The van der Waals surface area contributed by atoms with E-state index >= 15 is 0 Å². The van der Waals surface area contributed by atoms with E-state index in [1.807, 2.05) is 0 Å². The van der Waals surface area contributed by atoms with Crippen molar-refractivity contribution >= 4 is 0 Å². The topological polar surface area (TPSA) is 23.5 Å². The molecule has 0 bridgehead atoms. The van der Waals surface area contributed by atoms with Gasteiger partial charge in [0.15, 0.2) is 0 Å². The standard InChI is InChI=1S/C15H31NO/c1-7-16(11(2)3)14-10-12(17)8-9-13(14)15(4,5)6/h11-14,17H,7-10H2,1-6H3. The predicted molar refractivity (Wildman–Crippen MR) is 74.1 cm³/mol. The SMILES string of the molecule is CCN(C(C)C)C1CC(O)CCC1C(C)(C)C. The molecule has 1 aliphatic carbocycles. The Hall–Kier alpha value is -0.0800. The summed E-state index contributed by atoms with van der Waals surface area (Å²) in [5, 5.41) is 9.96. The van der Waals surface area contributed by atoms with Crippen molar-refractivity contribution in [1.29, 1.82) is 0 Å². The average molecular weight is 241 g/mol. The summed E-state index contributed by atoms with van der Waals surface area (Å²) in [7, 11) is 0. The molecule has 2 heteroatoms. The summed E-state index contributed by atoms with van der Waals surface area (Å²) in [5.74, 6) is 0.702. The van der Waals surface area contributed by atoms with Crippen LogP contribution in [0.25, 0.3) is 0 Å². The van der Waals surface area contributed by atoms with E-state index in [0.717, 1.165) is 19.4 Å². The molecule has 1 rings (SSSR count). The minimum atomic E-state index is -0.0913. The Morgan fingerprint density at radius 1 is 1.24 bits per heavy atom. The van der Waals surface area contributed by atoms with Gasteiger partial charge < -0.3 is 5.11 Å². The summed E-state index contributed by atoms with van der Waals surface area (Å²) in [4.78, 5) is 2.57. The zero-order valence-corrected chi connectivity index (χ0v) is 12.5. The number of aliphatic hydroxyl groups excluding tert-OH is 1. The molecule has 1 aliphatic rings. The fourth-order valence-corrected chi connectivity index (χ4v) is 3.48. The van der Waals surface area contributed by atoms with Crippen molar-refractivity contribution in [2.45, 2.75) is 79.0 Å². The van der Waals surface area contributed by atoms with Crippen molar-refractivity contribution in [2.24, 2.45) is 11.3 Å². The van der Waals surface area contributed by atoms with E-state index in [1.165, 1.54) is 6.42 Å². The molecule has 0 aromatic heterocycles. The van der Waals surface area contributed by atoms with Gasteiger partial charge in [-0.05, 0) is 51.0 Å². The highest BCUT2D eigenvalue weighted by molar-refractivity contribution is 4.93. The zero-order valence-electron chi connectivity index (χ0n) is 12.5. The highest BCUT2D eigenvalue weighted by Gasteiger charge is 2.39. The van der Waals surface area contributed by atoms with Crippen LogP contribution in [0.15, 0.2) is 0 Å². The van der Waals surface area contributed by atoms with Crippen molar-refractivity contribution in [3.8, 4) is 0 Å². The molecule has 1 N–H and O–H groups in total. The lowest BCUT2D eigenvalue weighted by Gasteiger charge is -2.48. The maximum absolute atomic E-state index is 9.96. The molecule has 1 saturated carbocycles. The van der Waals surface area contributed by atoms with Crippen LogP contribution in [0, 0.1) is 11.3 Å². The molecule has 0 spiro atoms. The van der Waals surface area contributed by atoms with E-state index in [9.17, 15) is 5.11 Å². The van der Waals surface area contributed by atoms with E-state index in [1.54, 1.807) is 0 Å². The third kappa shape index (κ3) is 3.69. The molecule has 17 heavy (non-hydrogen) atoms. The van der Waals surface area contributed by atoms with Crippen LogP contribution in [0.5, 0.6) is 0 Å². The first-order valence-corrected chi connectivity index (χ1v) is 7.21. The summed E-state index contributed by atoms with van der Waals surface area (Å²) in [6.07, 6.45) is 3.01. The monoisotopic (exact) mass is 241 g/mol. The Morgan fingerprint density at radius 3 is 2.24 bits per heavy atom. The number of aliphatic hydroxyl groups is 1. The highest BCUT2D eigenvalue weighted by Crippen LogP contribution is 2.40. The molecule has 1 fully saturated rings. The molecule has 0 aromatic rings. The van der Waals surface area contributed by atoms with Crippen LogP contribution in [0.3, 0.4) is 0 Å². The van der Waals surface area contributed by atoms with E-state index in [4.69, 9.17) is 0 Å². The summed E-state index contributed by atoms with van der Waals surface area (Å²) < 4.78 is 0. The average Bonchev–Trinajstić information content (AvgIpc) is 2.16. The first kappa shape index (κ1) is 15.0. The second-order valence-corrected chi connectivity index (χ2v) is 6.93. The molecule has 102 valence electrons. The minimum absolute atomic E-state index is 0.0913. The predicted octanol–water partition coefficient (Wildman–Crippen LogP) is 3.29. The number of hydrogen-bond acceptors (Lipinski definition) is 2. The third-order valence-electron chi connectivity index (χ3n) is 4.36. The Kier molecular flexibility index (Phi) is 5.03. The summed E-state index contributed by atoms with van der Waals surface area (Å²) >= 11 is 0. The third-order valence-corrected chi connectivity index (χ3v) is 4.36. The van der Waals surface area contributed by atoms with Crippen LogP contribution in [0.1, 0.15) is 60.8 Å². The zero-order chi connectivity index (χ0) is 13.2. The van der Waals surface area contributed by atoms with Gasteiger partial charge in [-0.15, -0.1) is 0 Å². The fourth-order valence-electron chi connectivity index (χ4n) is 3.48. The lowest BCUT2D eigenvalue weighted by molar-refractivity contribution is -0.0209. The normalized spacial score (nSPS) is 31.2. The molecule has 0 heterocycles. The number of rotatable bonds is 3. The van der Waals surface area contributed by atoms with Crippen LogP contribution in [0.2, 0.25) is 0 Å². The first-order valence-electron chi connectivity index (χ1n) is 7.21. The van der Waals surface area contributed by atoms with Gasteiger partial charge in [0.05, 0.1) is 6.10 Å². The molecule has 0 saturated heterocycles. The van der Waals surface area contributed by atoms with Gasteiger partial charge >= 0.3 is 0 Å². The molecule has 2 nitrogen and oxygen atoms in total. The summed E-state index contributed by atoms with van der Waals surface area (Å²) in [5.41, 5.74) is 0.340. The van der Waals surface area contributed by atoms with E-state index < -0.39 is 0 Å². The van der Waals surface area contributed by atoms with Crippen LogP contribution >= 0.6 is 0 Å². The molecule has 0 aliphatic heterocycles. The molecule has 3 atom stereocenters. The van der Waals surface area contributed by atoms with Crippen molar-refractivity contribution in [2.75, 3.05) is 6.54 Å². The quantitative estimate of drug-likeness (QED) is 0.819. The first-order chi connectivity index (χ1) is 7.77. The summed E-state index contributed by atoms with van der Waals surface area (Å²) in [6, 6.07) is 1.11. The maximum atomic E-state index is 9.96. The van der Waals surface area contributed by atoms with E-state index in [0.29, 0.717) is 23.4 Å². The number of nitrogens with zero attached hydrogens (tertiary/aromatic N) is 1. The van der Waals surface area contributed by atoms with Crippen LogP contribution < -0.4 is 0 Å². The highest BCUT2D eigenvalue weighted by atomic mass is 16.3. The second-order valence-electron chi connectivity index (χ2n) is 6.93. The van der Waals surface area contributed by atoms with Gasteiger partial charge in [0.25, 0.3) is 0 Å². The Morgan fingerprint density at radius 2 is 1.82 bits per heavy atom. The summed E-state index contributed by atoms with van der Waals surface area (Å²) in [6.45, 7) is 14.9. The van der Waals surface area contributed by atoms with E-state index in [2.05, 4.69) is 46.4 Å². The lowest BCUT2D eigenvalue weighted by Crippen LogP contribution is -2.52. The Balaban J connectivity index is 2.88. The molecule has 0 aromatic carbocycles.